The predicted molar refractivity (Wildman–Crippen MR) is 39.7 cm³/mol. The van der Waals surface area contributed by atoms with Gasteiger partial charge in [0.25, 0.3) is 0 Å². The molecule has 0 heterocycles. The van der Waals surface area contributed by atoms with E-state index in [1.54, 1.807) is 6.92 Å². The molecular weight excluding hydrogens is 162 g/mol. The van der Waals surface area contributed by atoms with Gasteiger partial charge in [0, 0.05) is 6.04 Å². The number of carboxylic acids is 1. The zero-order valence-electron chi connectivity index (χ0n) is 6.96. The van der Waals surface area contributed by atoms with Crippen LogP contribution in [0.15, 0.2) is 0 Å². The van der Waals surface area contributed by atoms with Gasteiger partial charge in [-0.2, -0.15) is 0 Å². The quantitative estimate of drug-likeness (QED) is 0.625. The number of carbonyl (C=O) groups excluding carboxylic acids is 1. The molecule has 1 aliphatic rings. The molecule has 68 valence electrons. The first-order valence-corrected chi connectivity index (χ1v) is 3.58. The second-order valence-corrected chi connectivity index (χ2v) is 3.12. The van der Waals surface area contributed by atoms with Gasteiger partial charge in [0.2, 0.25) is 0 Å². The average Bonchev–Trinajstić information content (AvgIpc) is 2.63. The molecule has 0 aromatic heterocycles. The minimum Gasteiger partial charge on any atom is -0.481 e. The second-order valence-electron chi connectivity index (χ2n) is 3.12. The van der Waals surface area contributed by atoms with Crippen molar-refractivity contribution in [2.45, 2.75) is 19.4 Å². The van der Waals surface area contributed by atoms with Gasteiger partial charge in [0.05, 0.1) is 12.5 Å². The zero-order valence-corrected chi connectivity index (χ0v) is 6.96. The van der Waals surface area contributed by atoms with Gasteiger partial charge in [-0.05, 0) is 13.3 Å². The first-order chi connectivity index (χ1) is 5.50. The molecule has 2 atom stereocenters. The number of aliphatic carboxylic acids is 1. The number of ether oxygens (including phenoxy) is 1. The Bertz CT molecular complexity index is 227. The van der Waals surface area contributed by atoms with Crippen LogP contribution >= 0.6 is 0 Å². The number of hydrogen-bond donors (Lipinski definition) is 2. The van der Waals surface area contributed by atoms with Gasteiger partial charge >= 0.3 is 12.1 Å². The number of methoxy groups -OCH3 is 1. The van der Waals surface area contributed by atoms with E-state index in [1.807, 2.05) is 0 Å². The molecule has 5 heteroatoms. The SMILES string of the molecule is COC(=O)NC1C[C@@]1(C)C(=O)O. The van der Waals surface area contributed by atoms with Gasteiger partial charge in [-0.1, -0.05) is 0 Å². The summed E-state index contributed by atoms with van der Waals surface area (Å²) in [5.41, 5.74) is -0.797. The van der Waals surface area contributed by atoms with Crippen molar-refractivity contribution < 1.29 is 19.4 Å². The molecule has 5 nitrogen and oxygen atoms in total. The molecule has 1 unspecified atom stereocenters. The third-order valence-electron chi connectivity index (χ3n) is 2.20. The number of hydrogen-bond acceptors (Lipinski definition) is 3. The molecule has 1 saturated carbocycles. The molecule has 1 amide bonds. The molecule has 12 heavy (non-hydrogen) atoms. The van der Waals surface area contributed by atoms with Gasteiger partial charge < -0.3 is 15.2 Å². The maximum absolute atomic E-state index is 10.6. The summed E-state index contributed by atoms with van der Waals surface area (Å²) in [6.07, 6.45) is -0.109. The third-order valence-corrected chi connectivity index (χ3v) is 2.20. The molecule has 0 aromatic carbocycles. The molecule has 0 bridgehead atoms. The Morgan fingerprint density at radius 3 is 2.58 bits per heavy atom. The van der Waals surface area contributed by atoms with Crippen LogP contribution in [-0.4, -0.2) is 30.3 Å². The Morgan fingerprint density at radius 1 is 1.67 bits per heavy atom. The molecule has 1 fully saturated rings. The fourth-order valence-corrected chi connectivity index (χ4v) is 1.01. The molecular formula is C7H11NO4. The maximum Gasteiger partial charge on any atom is 0.407 e. The number of rotatable bonds is 2. The average molecular weight is 173 g/mol. The minimum atomic E-state index is -0.885. The number of carboxylic acid groups (broad SMARTS) is 1. The summed E-state index contributed by atoms with van der Waals surface area (Å²) in [6, 6.07) is -0.289. The Kier molecular flexibility index (Phi) is 1.95. The molecule has 0 saturated heterocycles. The van der Waals surface area contributed by atoms with E-state index >= 15 is 0 Å². The summed E-state index contributed by atoms with van der Waals surface area (Å²) in [7, 11) is 1.25. The highest BCUT2D eigenvalue weighted by Crippen LogP contribution is 2.45. The Labute approximate surface area is 69.7 Å². The highest BCUT2D eigenvalue weighted by molar-refractivity contribution is 5.81. The topological polar surface area (TPSA) is 75.6 Å². The number of carbonyl (C=O) groups is 2. The molecule has 0 aliphatic heterocycles. The summed E-state index contributed by atoms with van der Waals surface area (Å²) in [5.74, 6) is -0.885. The predicted octanol–water partition coefficient (Wildman–Crippen LogP) is 0.206. The third kappa shape index (κ3) is 1.34. The van der Waals surface area contributed by atoms with Crippen molar-refractivity contribution in [3.05, 3.63) is 0 Å². The lowest BCUT2D eigenvalue weighted by Crippen LogP contribution is -2.31. The van der Waals surface area contributed by atoms with Crippen LogP contribution in [0, 0.1) is 5.41 Å². The monoisotopic (exact) mass is 173 g/mol. The van der Waals surface area contributed by atoms with Crippen molar-refractivity contribution in [1.29, 1.82) is 0 Å². The summed E-state index contributed by atoms with van der Waals surface area (Å²) in [6.45, 7) is 1.59. The molecule has 2 N–H and O–H groups in total. The van der Waals surface area contributed by atoms with E-state index in [0.717, 1.165) is 0 Å². The van der Waals surface area contributed by atoms with Crippen molar-refractivity contribution in [1.82, 2.24) is 5.32 Å². The lowest BCUT2D eigenvalue weighted by molar-refractivity contribution is -0.142. The zero-order chi connectivity index (χ0) is 9.35. The Morgan fingerprint density at radius 2 is 2.25 bits per heavy atom. The first-order valence-electron chi connectivity index (χ1n) is 3.58. The van der Waals surface area contributed by atoms with E-state index < -0.39 is 17.5 Å². The molecule has 0 radical (unpaired) electrons. The van der Waals surface area contributed by atoms with E-state index in [4.69, 9.17) is 5.11 Å². The van der Waals surface area contributed by atoms with E-state index in [2.05, 4.69) is 10.1 Å². The lowest BCUT2D eigenvalue weighted by atomic mass is 10.1. The molecule has 0 spiro atoms. The van der Waals surface area contributed by atoms with Crippen LogP contribution < -0.4 is 5.32 Å². The van der Waals surface area contributed by atoms with E-state index in [9.17, 15) is 9.59 Å². The van der Waals surface area contributed by atoms with Crippen LogP contribution in [0.1, 0.15) is 13.3 Å². The van der Waals surface area contributed by atoms with E-state index in [0.29, 0.717) is 6.42 Å². The van der Waals surface area contributed by atoms with Crippen LogP contribution in [0.25, 0.3) is 0 Å². The number of alkyl carbamates (subject to hydrolysis) is 1. The van der Waals surface area contributed by atoms with E-state index in [-0.39, 0.29) is 6.04 Å². The van der Waals surface area contributed by atoms with Crippen LogP contribution in [0.3, 0.4) is 0 Å². The highest BCUT2D eigenvalue weighted by atomic mass is 16.5. The summed E-state index contributed by atoms with van der Waals surface area (Å²) >= 11 is 0. The van der Waals surface area contributed by atoms with Crippen LogP contribution in [0.5, 0.6) is 0 Å². The Hall–Kier alpha value is -1.26. The molecule has 0 aromatic rings. The molecule has 1 aliphatic carbocycles. The van der Waals surface area contributed by atoms with Crippen molar-refractivity contribution in [2.24, 2.45) is 5.41 Å². The maximum atomic E-state index is 10.6. The van der Waals surface area contributed by atoms with Crippen molar-refractivity contribution in [3.8, 4) is 0 Å². The lowest BCUT2D eigenvalue weighted by Gasteiger charge is -2.05. The van der Waals surface area contributed by atoms with Crippen LogP contribution in [-0.2, 0) is 9.53 Å². The highest BCUT2D eigenvalue weighted by Gasteiger charge is 2.57. The second kappa shape index (κ2) is 2.66. The standard InChI is InChI=1S/C7H11NO4/c1-7(5(9)10)3-4(7)8-6(11)12-2/h4H,3H2,1-2H3,(H,8,11)(H,9,10)/t4?,7-/m1/s1. The van der Waals surface area contributed by atoms with Gasteiger partial charge in [-0.25, -0.2) is 4.79 Å². The summed E-state index contributed by atoms with van der Waals surface area (Å²) in [4.78, 5) is 21.2. The van der Waals surface area contributed by atoms with Crippen molar-refractivity contribution >= 4 is 12.1 Å². The largest absolute Gasteiger partial charge is 0.481 e. The van der Waals surface area contributed by atoms with E-state index in [1.165, 1.54) is 7.11 Å². The minimum absolute atomic E-state index is 0.289. The number of amides is 1. The van der Waals surface area contributed by atoms with Crippen LogP contribution in [0.4, 0.5) is 4.79 Å². The first kappa shape index (κ1) is 8.83. The smallest absolute Gasteiger partial charge is 0.407 e. The van der Waals surface area contributed by atoms with Crippen LogP contribution in [0.2, 0.25) is 0 Å². The summed E-state index contributed by atoms with van der Waals surface area (Å²) in [5, 5.41) is 11.1. The Balaban J connectivity index is 2.42. The fourth-order valence-electron chi connectivity index (χ4n) is 1.01. The van der Waals surface area contributed by atoms with Gasteiger partial charge in [0.1, 0.15) is 0 Å². The number of nitrogens with one attached hydrogen (secondary N) is 1. The molecule has 1 rings (SSSR count). The van der Waals surface area contributed by atoms with Crippen molar-refractivity contribution in [2.75, 3.05) is 7.11 Å². The van der Waals surface area contributed by atoms with Gasteiger partial charge in [0.15, 0.2) is 0 Å². The van der Waals surface area contributed by atoms with Gasteiger partial charge in [-0.3, -0.25) is 4.79 Å². The van der Waals surface area contributed by atoms with Crippen molar-refractivity contribution in [3.63, 3.8) is 0 Å². The normalized spacial score (nSPS) is 32.3. The fraction of sp³-hybridized carbons (Fsp3) is 0.714. The summed E-state index contributed by atoms with van der Waals surface area (Å²) < 4.78 is 4.33. The van der Waals surface area contributed by atoms with Gasteiger partial charge in [-0.15, -0.1) is 0 Å².